The Morgan fingerprint density at radius 2 is 2.00 bits per heavy atom. The van der Waals surface area contributed by atoms with Crippen LogP contribution >= 0.6 is 11.8 Å². The minimum Gasteiger partial charge on any atom is -0.508 e. The summed E-state index contributed by atoms with van der Waals surface area (Å²) < 4.78 is 12.4. The summed E-state index contributed by atoms with van der Waals surface area (Å²) in [5.74, 6) is -6.73. The summed E-state index contributed by atoms with van der Waals surface area (Å²) in [5.41, 5.74) is -2.17. The van der Waals surface area contributed by atoms with Crippen LogP contribution in [0, 0.1) is 0 Å². The van der Waals surface area contributed by atoms with Crippen LogP contribution in [0.15, 0.2) is 40.7 Å². The van der Waals surface area contributed by atoms with Crippen LogP contribution in [0.1, 0.15) is 11.5 Å². The number of aromatic hydroxyl groups is 1. The monoisotopic (exact) mass is 520 g/mol. The minimum atomic E-state index is -2.14. The number of phenolic OH excluding ortho intramolecular Hbond substituents is 1. The Morgan fingerprint density at radius 3 is 2.56 bits per heavy atom. The maximum absolute atomic E-state index is 13.2. The quantitative estimate of drug-likeness (QED) is 0.134. The highest BCUT2D eigenvalue weighted by Crippen LogP contribution is 2.41. The van der Waals surface area contributed by atoms with Gasteiger partial charge in [0.2, 0.25) is 11.1 Å². The van der Waals surface area contributed by atoms with Crippen LogP contribution in [-0.4, -0.2) is 95.6 Å². The first-order valence-electron chi connectivity index (χ1n) is 10.2. The number of tetrazole rings is 1. The summed E-state index contributed by atoms with van der Waals surface area (Å²) >= 11 is 1.14. The molecule has 4 N–H and O–H groups in total. The van der Waals surface area contributed by atoms with E-state index in [1.54, 1.807) is 7.05 Å². The molecule has 2 aromatic rings. The molecule has 0 aliphatic carbocycles. The lowest BCUT2D eigenvalue weighted by Gasteiger charge is -2.55. The van der Waals surface area contributed by atoms with Crippen LogP contribution in [0.25, 0.3) is 0 Å². The van der Waals surface area contributed by atoms with Crippen LogP contribution < -0.4 is 5.32 Å². The Labute approximate surface area is 206 Å². The standard InChI is InChI=1S/C20H20N6O9S/c1-25-19(22-23-24-25)36-8-10-7-35-18-20(34-2,17(33)26(18)13(10)16(31)32)21-14(28)12(15(29)30)9-3-5-11(27)6-4-9/h3-6,12,18,27H,7-8H2,1-2H3,(H,21,28)(H,29,30)(H,31,32)/t12-,18+,20+/m0/s1. The van der Waals surface area contributed by atoms with E-state index in [1.165, 1.54) is 28.9 Å². The number of amides is 2. The lowest BCUT2D eigenvalue weighted by molar-refractivity contribution is -0.258. The molecule has 0 saturated carbocycles. The molecule has 0 spiro atoms. The van der Waals surface area contributed by atoms with Gasteiger partial charge in [0.15, 0.2) is 12.1 Å². The van der Waals surface area contributed by atoms with Crippen molar-refractivity contribution < 1.29 is 44.0 Å². The third kappa shape index (κ3) is 4.14. The van der Waals surface area contributed by atoms with E-state index in [4.69, 9.17) is 9.47 Å². The normalized spacial score (nSPS) is 22.0. The molecule has 2 amide bonds. The molecule has 1 fully saturated rings. The number of β-lactam (4-membered cyclic amide) rings is 1. The largest absolute Gasteiger partial charge is 0.508 e. The van der Waals surface area contributed by atoms with Crippen LogP contribution in [0.3, 0.4) is 0 Å². The van der Waals surface area contributed by atoms with Crippen molar-refractivity contribution in [2.75, 3.05) is 19.5 Å². The number of nitrogens with one attached hydrogen (secondary N) is 1. The van der Waals surface area contributed by atoms with Gasteiger partial charge in [0.05, 0.1) is 6.61 Å². The molecular formula is C20H20N6O9S. The fraction of sp³-hybridized carbons (Fsp3) is 0.350. The van der Waals surface area contributed by atoms with Gasteiger partial charge in [-0.25, -0.2) is 9.48 Å². The van der Waals surface area contributed by atoms with Gasteiger partial charge in [-0.05, 0) is 33.7 Å². The number of ether oxygens (including phenoxy) is 2. The van der Waals surface area contributed by atoms with E-state index in [0.717, 1.165) is 23.8 Å². The van der Waals surface area contributed by atoms with E-state index in [1.807, 2.05) is 0 Å². The number of carboxylic acid groups (broad SMARTS) is 2. The second-order valence-corrected chi connectivity index (χ2v) is 8.70. The third-order valence-corrected chi connectivity index (χ3v) is 6.73. The van der Waals surface area contributed by atoms with E-state index in [2.05, 4.69) is 20.8 Å². The molecule has 0 bridgehead atoms. The number of nitrogens with zero attached hydrogens (tertiary/aromatic N) is 5. The first kappa shape index (κ1) is 25.1. The smallest absolute Gasteiger partial charge is 0.352 e. The van der Waals surface area contributed by atoms with Crippen LogP contribution in [0.2, 0.25) is 0 Å². The second-order valence-electron chi connectivity index (χ2n) is 7.76. The van der Waals surface area contributed by atoms with E-state index in [9.17, 15) is 34.5 Å². The molecule has 1 aromatic carbocycles. The summed E-state index contributed by atoms with van der Waals surface area (Å²) in [6, 6.07) is 4.93. The Balaban J connectivity index is 1.58. The zero-order valence-corrected chi connectivity index (χ0v) is 19.6. The summed E-state index contributed by atoms with van der Waals surface area (Å²) in [6.45, 7) is -0.213. The molecule has 3 atom stereocenters. The molecule has 4 rings (SSSR count). The first-order chi connectivity index (χ1) is 17.1. The highest BCUT2D eigenvalue weighted by atomic mass is 32.2. The molecule has 190 valence electrons. The van der Waals surface area contributed by atoms with E-state index >= 15 is 0 Å². The number of aliphatic carboxylic acids is 2. The number of carboxylic acids is 2. The highest BCUT2D eigenvalue weighted by molar-refractivity contribution is 7.99. The topological polar surface area (TPSA) is 206 Å². The maximum atomic E-state index is 13.2. The molecule has 36 heavy (non-hydrogen) atoms. The molecule has 0 radical (unpaired) electrons. The molecule has 0 unspecified atom stereocenters. The lowest BCUT2D eigenvalue weighted by atomic mass is 9.92. The zero-order chi connectivity index (χ0) is 26.2. The number of hydrogen-bond donors (Lipinski definition) is 4. The fourth-order valence-corrected chi connectivity index (χ4v) is 4.72. The third-order valence-electron chi connectivity index (χ3n) is 5.64. The van der Waals surface area contributed by atoms with Gasteiger partial charge >= 0.3 is 11.9 Å². The van der Waals surface area contributed by atoms with Crippen molar-refractivity contribution in [3.63, 3.8) is 0 Å². The molecular weight excluding hydrogens is 500 g/mol. The number of hydrogen-bond acceptors (Lipinski definition) is 11. The van der Waals surface area contributed by atoms with Crippen molar-refractivity contribution in [2.45, 2.75) is 23.0 Å². The van der Waals surface area contributed by atoms with Crippen molar-refractivity contribution in [1.29, 1.82) is 0 Å². The SMILES string of the molecule is CO[C@]1(NC(=O)[C@@H](C(=O)O)c2ccc(O)cc2)C(=O)N2C(C(=O)O)=C(CSc3nnnn3C)CO[C@@H]21. The van der Waals surface area contributed by atoms with Crippen LogP contribution in [-0.2, 0) is 35.7 Å². The van der Waals surface area contributed by atoms with Crippen LogP contribution in [0.5, 0.6) is 5.75 Å². The predicted octanol–water partition coefficient (Wildman–Crippen LogP) is -1.13. The average molecular weight is 520 g/mol. The number of aromatic nitrogens is 4. The van der Waals surface area contributed by atoms with Gasteiger partial charge in [-0.15, -0.1) is 5.10 Å². The highest BCUT2D eigenvalue weighted by Gasteiger charge is 2.68. The Hall–Kier alpha value is -4.02. The number of fused-ring (bicyclic) bond motifs is 1. The number of carbonyl (C=O) groups is 4. The number of rotatable bonds is 9. The summed E-state index contributed by atoms with van der Waals surface area (Å²) in [5, 5.41) is 42.6. The van der Waals surface area contributed by atoms with E-state index < -0.39 is 41.6 Å². The number of carbonyl (C=O) groups excluding carboxylic acids is 2. The summed E-state index contributed by atoms with van der Waals surface area (Å²) in [4.78, 5) is 51.0. The molecule has 16 heteroatoms. The van der Waals surface area contributed by atoms with Crippen molar-refractivity contribution in [1.82, 2.24) is 30.4 Å². The average Bonchev–Trinajstić information content (AvgIpc) is 3.25. The Morgan fingerprint density at radius 1 is 1.31 bits per heavy atom. The number of aryl methyl sites for hydroxylation is 1. The van der Waals surface area contributed by atoms with Crippen molar-refractivity contribution in [2.24, 2.45) is 7.05 Å². The number of methoxy groups -OCH3 is 1. The molecule has 15 nitrogen and oxygen atoms in total. The van der Waals surface area contributed by atoms with E-state index in [0.29, 0.717) is 5.16 Å². The van der Waals surface area contributed by atoms with Gasteiger partial charge < -0.3 is 30.1 Å². The minimum absolute atomic E-state index is 0.0425. The molecule has 2 aliphatic heterocycles. The molecule has 1 saturated heterocycles. The number of thioether (sulfide) groups is 1. The molecule has 2 aliphatic rings. The van der Waals surface area contributed by atoms with Crippen molar-refractivity contribution >= 4 is 35.5 Å². The van der Waals surface area contributed by atoms with Crippen molar-refractivity contribution in [3.05, 3.63) is 41.1 Å². The van der Waals surface area contributed by atoms with Gasteiger partial charge in [-0.2, -0.15) is 0 Å². The Kier molecular flexibility index (Phi) is 6.66. The number of benzene rings is 1. The Bertz CT molecular complexity index is 1260. The lowest BCUT2D eigenvalue weighted by Crippen LogP contribution is -2.82. The number of phenols is 1. The van der Waals surface area contributed by atoms with E-state index in [-0.39, 0.29) is 34.9 Å². The maximum Gasteiger partial charge on any atom is 0.352 e. The van der Waals surface area contributed by atoms with Gasteiger partial charge in [0.25, 0.3) is 11.6 Å². The first-order valence-corrected chi connectivity index (χ1v) is 11.2. The summed E-state index contributed by atoms with van der Waals surface area (Å²) in [6.07, 6.45) is -1.36. The fourth-order valence-electron chi connectivity index (χ4n) is 3.88. The predicted molar refractivity (Wildman–Crippen MR) is 117 cm³/mol. The van der Waals surface area contributed by atoms with Crippen LogP contribution in [0.4, 0.5) is 0 Å². The molecule has 3 heterocycles. The van der Waals surface area contributed by atoms with Gasteiger partial charge in [0, 0.05) is 19.9 Å². The second kappa shape index (κ2) is 9.56. The summed E-state index contributed by atoms with van der Waals surface area (Å²) in [7, 11) is 2.71. The van der Waals surface area contributed by atoms with Crippen molar-refractivity contribution in [3.8, 4) is 5.75 Å². The molecule has 1 aromatic heterocycles. The van der Waals surface area contributed by atoms with Gasteiger partial charge in [-0.1, -0.05) is 23.9 Å². The van der Waals surface area contributed by atoms with Gasteiger partial charge in [0.1, 0.15) is 11.4 Å². The zero-order valence-electron chi connectivity index (χ0n) is 18.8. The van der Waals surface area contributed by atoms with Gasteiger partial charge in [-0.3, -0.25) is 19.3 Å².